The van der Waals surface area contributed by atoms with E-state index in [4.69, 9.17) is 11.6 Å². The van der Waals surface area contributed by atoms with Gasteiger partial charge in [-0.2, -0.15) is 13.2 Å². The van der Waals surface area contributed by atoms with E-state index < -0.39 is 32.3 Å². The van der Waals surface area contributed by atoms with Crippen molar-refractivity contribution in [3.63, 3.8) is 0 Å². The first-order valence-electron chi connectivity index (χ1n) is 5.42. The number of sulfonamides is 1. The van der Waals surface area contributed by atoms with Gasteiger partial charge in [-0.1, -0.05) is 11.6 Å². The molecule has 0 aromatic heterocycles. The zero-order valence-electron chi connectivity index (χ0n) is 10.6. The van der Waals surface area contributed by atoms with Crippen LogP contribution >= 0.6 is 11.6 Å². The van der Waals surface area contributed by atoms with Crippen molar-refractivity contribution >= 4 is 21.6 Å². The Bertz CT molecular complexity index is 594. The highest BCUT2D eigenvalue weighted by molar-refractivity contribution is 7.89. The average Bonchev–Trinajstić information content (AvgIpc) is 2.24. The number of hydrogen-bond acceptors (Lipinski definition) is 3. The molecule has 0 aliphatic rings. The Labute approximate surface area is 119 Å². The molecule has 1 rings (SSSR count). The van der Waals surface area contributed by atoms with Crippen LogP contribution in [0, 0.1) is 0 Å². The SMILES string of the molecule is CC(C)(O)CNS(=O)(=O)c1cc(C(F)(F)F)ccc1Cl. The summed E-state index contributed by atoms with van der Waals surface area (Å²) < 4.78 is 63.5. The summed E-state index contributed by atoms with van der Waals surface area (Å²) >= 11 is 5.63. The molecule has 1 aromatic rings. The van der Waals surface area contributed by atoms with Gasteiger partial charge in [0, 0.05) is 6.54 Å². The molecule has 0 saturated carbocycles. The first-order chi connectivity index (χ1) is 8.83. The summed E-state index contributed by atoms with van der Waals surface area (Å²) in [7, 11) is -4.25. The fourth-order valence-electron chi connectivity index (χ4n) is 1.23. The van der Waals surface area contributed by atoms with Crippen molar-refractivity contribution in [1.82, 2.24) is 4.72 Å². The van der Waals surface area contributed by atoms with Crippen molar-refractivity contribution < 1.29 is 26.7 Å². The van der Waals surface area contributed by atoms with Crippen LogP contribution in [0.15, 0.2) is 23.1 Å². The molecular weight excluding hydrogens is 319 g/mol. The van der Waals surface area contributed by atoms with Gasteiger partial charge in [-0.25, -0.2) is 13.1 Å². The third-order valence-corrected chi connectivity index (χ3v) is 4.13. The van der Waals surface area contributed by atoms with Crippen molar-refractivity contribution in [1.29, 1.82) is 0 Å². The molecule has 0 aliphatic heterocycles. The topological polar surface area (TPSA) is 66.4 Å². The number of alkyl halides is 3. The van der Waals surface area contributed by atoms with E-state index in [1.54, 1.807) is 0 Å². The van der Waals surface area contributed by atoms with Crippen molar-refractivity contribution in [3.05, 3.63) is 28.8 Å². The summed E-state index contributed by atoms with van der Waals surface area (Å²) in [5, 5.41) is 9.11. The largest absolute Gasteiger partial charge is 0.416 e. The van der Waals surface area contributed by atoms with Crippen LogP contribution < -0.4 is 4.72 Å². The van der Waals surface area contributed by atoms with E-state index in [1.807, 2.05) is 4.72 Å². The fraction of sp³-hybridized carbons (Fsp3) is 0.455. The van der Waals surface area contributed by atoms with Crippen LogP contribution in [0.2, 0.25) is 5.02 Å². The maximum atomic E-state index is 12.6. The molecule has 0 aliphatic carbocycles. The molecule has 0 atom stereocenters. The molecule has 0 heterocycles. The van der Waals surface area contributed by atoms with Gasteiger partial charge in [-0.3, -0.25) is 0 Å². The van der Waals surface area contributed by atoms with Crippen LogP contribution in [0.4, 0.5) is 13.2 Å². The number of nitrogens with one attached hydrogen (secondary N) is 1. The Morgan fingerprint density at radius 2 is 1.85 bits per heavy atom. The van der Waals surface area contributed by atoms with Crippen LogP contribution in [0.25, 0.3) is 0 Å². The van der Waals surface area contributed by atoms with Crippen LogP contribution in [-0.4, -0.2) is 25.7 Å². The molecule has 0 bridgehead atoms. The Hall–Kier alpha value is -0.830. The summed E-state index contributed by atoms with van der Waals surface area (Å²) in [4.78, 5) is -0.682. The fourth-order valence-corrected chi connectivity index (χ4v) is 2.96. The molecule has 0 fully saturated rings. The molecule has 20 heavy (non-hydrogen) atoms. The summed E-state index contributed by atoms with van der Waals surface area (Å²) in [6.45, 7) is 2.34. The Morgan fingerprint density at radius 1 is 1.30 bits per heavy atom. The molecule has 0 spiro atoms. The van der Waals surface area contributed by atoms with Crippen molar-refractivity contribution in [2.45, 2.75) is 30.5 Å². The average molecular weight is 332 g/mol. The third kappa shape index (κ3) is 4.62. The second-order valence-electron chi connectivity index (χ2n) is 4.78. The van der Waals surface area contributed by atoms with Gasteiger partial charge in [0.25, 0.3) is 0 Å². The van der Waals surface area contributed by atoms with Crippen LogP contribution in [-0.2, 0) is 16.2 Å². The van der Waals surface area contributed by atoms with Crippen molar-refractivity contribution in [2.75, 3.05) is 6.54 Å². The standard InChI is InChI=1S/C11H13ClF3NO3S/c1-10(2,17)6-16-20(18,19)9-5-7(11(13,14)15)3-4-8(9)12/h3-5,16-17H,6H2,1-2H3. The van der Waals surface area contributed by atoms with E-state index in [1.165, 1.54) is 13.8 Å². The molecular formula is C11H13ClF3NO3S. The highest BCUT2D eigenvalue weighted by Crippen LogP contribution is 2.33. The van der Waals surface area contributed by atoms with Gasteiger partial charge in [0.15, 0.2) is 0 Å². The number of rotatable bonds is 4. The normalized spacial score (nSPS) is 13.6. The van der Waals surface area contributed by atoms with E-state index in [2.05, 4.69) is 0 Å². The summed E-state index contributed by atoms with van der Waals surface area (Å²) in [6.07, 6.45) is -4.68. The first kappa shape index (κ1) is 17.2. The Balaban J connectivity index is 3.18. The van der Waals surface area contributed by atoms with E-state index >= 15 is 0 Å². The van der Waals surface area contributed by atoms with Gasteiger partial charge in [0.1, 0.15) is 4.90 Å². The van der Waals surface area contributed by atoms with E-state index in [0.29, 0.717) is 12.1 Å². The van der Waals surface area contributed by atoms with E-state index in [-0.39, 0.29) is 11.6 Å². The predicted octanol–water partition coefficient (Wildman–Crippen LogP) is 2.41. The smallest absolute Gasteiger partial charge is 0.389 e. The molecule has 4 nitrogen and oxygen atoms in total. The molecule has 9 heteroatoms. The highest BCUT2D eigenvalue weighted by atomic mass is 35.5. The number of aliphatic hydroxyl groups is 1. The monoisotopic (exact) mass is 331 g/mol. The van der Waals surface area contributed by atoms with Crippen LogP contribution in [0.5, 0.6) is 0 Å². The summed E-state index contributed by atoms with van der Waals surface area (Å²) in [5.74, 6) is 0. The van der Waals surface area contributed by atoms with Crippen molar-refractivity contribution in [3.8, 4) is 0 Å². The molecule has 114 valence electrons. The first-order valence-corrected chi connectivity index (χ1v) is 7.28. The Kier molecular flexibility index (Phi) is 4.75. The second kappa shape index (κ2) is 5.51. The van der Waals surface area contributed by atoms with Gasteiger partial charge in [-0.15, -0.1) is 0 Å². The summed E-state index contributed by atoms with van der Waals surface area (Å²) in [6, 6.07) is 2.01. The number of hydrogen-bond donors (Lipinski definition) is 2. The van der Waals surface area contributed by atoms with Gasteiger partial charge in [-0.05, 0) is 32.0 Å². The lowest BCUT2D eigenvalue weighted by Gasteiger charge is -2.18. The van der Waals surface area contributed by atoms with Crippen molar-refractivity contribution in [2.24, 2.45) is 0 Å². The molecule has 2 N–H and O–H groups in total. The lowest BCUT2D eigenvalue weighted by Crippen LogP contribution is -2.38. The molecule has 0 radical (unpaired) electrons. The Morgan fingerprint density at radius 3 is 2.30 bits per heavy atom. The quantitative estimate of drug-likeness (QED) is 0.890. The molecule has 0 unspecified atom stereocenters. The van der Waals surface area contributed by atoms with Crippen LogP contribution in [0.1, 0.15) is 19.4 Å². The minimum absolute atomic E-state index is 0.332. The third-order valence-electron chi connectivity index (χ3n) is 2.24. The van der Waals surface area contributed by atoms with Gasteiger partial charge >= 0.3 is 6.18 Å². The zero-order valence-corrected chi connectivity index (χ0v) is 12.2. The summed E-state index contributed by atoms with van der Waals surface area (Å²) in [5.41, 5.74) is -2.47. The maximum Gasteiger partial charge on any atom is 0.416 e. The van der Waals surface area contributed by atoms with Crippen LogP contribution in [0.3, 0.4) is 0 Å². The lowest BCUT2D eigenvalue weighted by atomic mass is 10.1. The minimum Gasteiger partial charge on any atom is -0.389 e. The predicted molar refractivity (Wildman–Crippen MR) is 67.9 cm³/mol. The maximum absolute atomic E-state index is 12.6. The second-order valence-corrected chi connectivity index (χ2v) is 6.92. The van der Waals surface area contributed by atoms with Gasteiger partial charge in [0.2, 0.25) is 10.0 Å². The lowest BCUT2D eigenvalue weighted by molar-refractivity contribution is -0.137. The molecule has 0 amide bonds. The van der Waals surface area contributed by atoms with Gasteiger partial charge < -0.3 is 5.11 Å². The van der Waals surface area contributed by atoms with E-state index in [0.717, 1.165) is 6.07 Å². The zero-order chi connectivity index (χ0) is 15.8. The van der Waals surface area contributed by atoms with Gasteiger partial charge in [0.05, 0.1) is 16.2 Å². The van der Waals surface area contributed by atoms with E-state index in [9.17, 15) is 26.7 Å². The number of benzene rings is 1. The highest BCUT2D eigenvalue weighted by Gasteiger charge is 2.33. The number of halogens is 4. The molecule has 0 saturated heterocycles. The molecule has 1 aromatic carbocycles. The minimum atomic E-state index is -4.68.